The van der Waals surface area contributed by atoms with Gasteiger partial charge in [-0.2, -0.15) is 0 Å². The number of fused-ring (bicyclic) bond motifs is 2. The van der Waals surface area contributed by atoms with Crippen LogP contribution in [0.2, 0.25) is 0 Å². The fraction of sp³-hybridized carbons (Fsp3) is 0.267. The van der Waals surface area contributed by atoms with E-state index in [1.54, 1.807) is 11.3 Å². The summed E-state index contributed by atoms with van der Waals surface area (Å²) in [5, 5.41) is 11.4. The number of rotatable bonds is 2. The second kappa shape index (κ2) is 4.66. The first-order chi connectivity index (χ1) is 10.2. The molecule has 6 heteroatoms. The third-order valence-electron chi connectivity index (χ3n) is 4.02. The van der Waals surface area contributed by atoms with Gasteiger partial charge in [-0.1, -0.05) is 0 Å². The molecule has 0 fully saturated rings. The van der Waals surface area contributed by atoms with E-state index < -0.39 is 5.97 Å². The first-order valence-electron chi connectivity index (χ1n) is 6.88. The molecule has 1 aliphatic rings. The van der Waals surface area contributed by atoms with Crippen molar-refractivity contribution in [3.05, 3.63) is 45.5 Å². The summed E-state index contributed by atoms with van der Waals surface area (Å²) in [6.45, 7) is 0. The molecule has 5 nitrogen and oxygen atoms in total. The van der Waals surface area contributed by atoms with Crippen molar-refractivity contribution in [2.45, 2.75) is 25.2 Å². The molecule has 0 amide bonds. The Kier molecular flexibility index (Phi) is 2.78. The lowest BCUT2D eigenvalue weighted by Crippen LogP contribution is -2.09. The number of carboxylic acid groups (broad SMARTS) is 1. The maximum Gasteiger partial charge on any atom is 0.338 e. The van der Waals surface area contributed by atoms with Crippen molar-refractivity contribution in [1.29, 1.82) is 0 Å². The van der Waals surface area contributed by atoms with E-state index in [1.165, 1.54) is 22.7 Å². The number of nitrogens with one attached hydrogen (secondary N) is 1. The lowest BCUT2D eigenvalue weighted by Gasteiger charge is -2.20. The summed E-state index contributed by atoms with van der Waals surface area (Å²) in [5.41, 5.74) is 2.54. The summed E-state index contributed by atoms with van der Waals surface area (Å²) in [6, 6.07) is 3.66. The van der Waals surface area contributed by atoms with Crippen LogP contribution in [0, 0.1) is 0 Å². The van der Waals surface area contributed by atoms with Gasteiger partial charge in [0, 0.05) is 17.0 Å². The van der Waals surface area contributed by atoms with Crippen molar-refractivity contribution >= 4 is 28.5 Å². The zero-order valence-corrected chi connectivity index (χ0v) is 12.0. The summed E-state index contributed by atoms with van der Waals surface area (Å²) in [4.78, 5) is 24.6. The van der Waals surface area contributed by atoms with Crippen molar-refractivity contribution in [1.82, 2.24) is 15.0 Å². The van der Waals surface area contributed by atoms with Crippen LogP contribution in [0.1, 0.15) is 45.4 Å². The number of carbonyl (C=O) groups is 1. The number of carboxylic acids is 1. The summed E-state index contributed by atoms with van der Waals surface area (Å²) < 4.78 is 0. The number of H-pyrrole nitrogens is 1. The van der Waals surface area contributed by atoms with Crippen LogP contribution in [0.15, 0.2) is 23.7 Å². The summed E-state index contributed by atoms with van der Waals surface area (Å²) in [5.74, 6) is 0.0823. The van der Waals surface area contributed by atoms with Gasteiger partial charge in [0.05, 0.1) is 11.1 Å². The Morgan fingerprint density at radius 2 is 2.33 bits per heavy atom. The van der Waals surface area contributed by atoms with Crippen LogP contribution in [0.4, 0.5) is 0 Å². The van der Waals surface area contributed by atoms with Gasteiger partial charge in [0.1, 0.15) is 5.82 Å². The molecule has 4 rings (SSSR count). The van der Waals surface area contributed by atoms with Gasteiger partial charge in [-0.25, -0.2) is 14.8 Å². The average Bonchev–Trinajstić information content (AvgIpc) is 3.12. The van der Waals surface area contributed by atoms with Crippen LogP contribution in [-0.4, -0.2) is 26.0 Å². The van der Waals surface area contributed by atoms with E-state index in [2.05, 4.69) is 26.4 Å². The van der Waals surface area contributed by atoms with E-state index >= 15 is 0 Å². The van der Waals surface area contributed by atoms with Crippen LogP contribution in [-0.2, 0) is 6.42 Å². The topological polar surface area (TPSA) is 78.9 Å². The SMILES string of the molecule is O=C(O)c1ccnc2nc(C3CCCc4sccc43)[nH]c12. The van der Waals surface area contributed by atoms with Gasteiger partial charge in [-0.3, -0.25) is 0 Å². The molecule has 106 valence electrons. The zero-order valence-electron chi connectivity index (χ0n) is 11.2. The number of hydrogen-bond donors (Lipinski definition) is 2. The Morgan fingerprint density at radius 1 is 1.43 bits per heavy atom. The van der Waals surface area contributed by atoms with E-state index in [-0.39, 0.29) is 11.5 Å². The number of aromatic amines is 1. The van der Waals surface area contributed by atoms with Crippen molar-refractivity contribution in [2.24, 2.45) is 0 Å². The Morgan fingerprint density at radius 3 is 3.19 bits per heavy atom. The third-order valence-corrected chi connectivity index (χ3v) is 5.02. The highest BCUT2D eigenvalue weighted by molar-refractivity contribution is 7.10. The number of aromatic nitrogens is 3. The number of nitrogens with zero attached hydrogens (tertiary/aromatic N) is 2. The molecule has 0 saturated carbocycles. The van der Waals surface area contributed by atoms with Gasteiger partial charge >= 0.3 is 5.97 Å². The van der Waals surface area contributed by atoms with E-state index in [0.717, 1.165) is 25.1 Å². The molecule has 0 bridgehead atoms. The molecule has 0 radical (unpaired) electrons. The second-order valence-corrected chi connectivity index (χ2v) is 6.23. The molecule has 0 aliphatic heterocycles. The molecule has 0 spiro atoms. The average molecular weight is 299 g/mol. The van der Waals surface area contributed by atoms with E-state index in [4.69, 9.17) is 0 Å². The molecule has 3 aromatic rings. The number of aromatic carboxylic acids is 1. The predicted molar refractivity (Wildman–Crippen MR) is 79.9 cm³/mol. The molecule has 1 atom stereocenters. The molecular weight excluding hydrogens is 286 g/mol. The van der Waals surface area contributed by atoms with Crippen molar-refractivity contribution in [3.63, 3.8) is 0 Å². The van der Waals surface area contributed by atoms with Crippen LogP contribution in [0.3, 0.4) is 0 Å². The van der Waals surface area contributed by atoms with Gasteiger partial charge in [0.25, 0.3) is 0 Å². The fourth-order valence-electron chi connectivity index (χ4n) is 3.04. The molecule has 3 aromatic heterocycles. The highest BCUT2D eigenvalue weighted by Crippen LogP contribution is 2.38. The van der Waals surface area contributed by atoms with Crippen molar-refractivity contribution in [2.75, 3.05) is 0 Å². The summed E-state index contributed by atoms with van der Waals surface area (Å²) >= 11 is 1.79. The quantitative estimate of drug-likeness (QED) is 0.761. The minimum absolute atomic E-state index is 0.218. The monoisotopic (exact) mass is 299 g/mol. The van der Waals surface area contributed by atoms with Crippen LogP contribution < -0.4 is 0 Å². The zero-order chi connectivity index (χ0) is 14.4. The van der Waals surface area contributed by atoms with Crippen molar-refractivity contribution < 1.29 is 9.90 Å². The largest absolute Gasteiger partial charge is 0.478 e. The standard InChI is InChI=1S/C15H13N3O2S/c19-15(20)10-4-6-16-14-12(10)17-13(18-14)9-2-1-3-11-8(9)5-7-21-11/h4-7,9H,1-3H2,(H,19,20)(H,16,17,18). The first kappa shape index (κ1) is 12.5. The van der Waals surface area contributed by atoms with E-state index in [1.807, 2.05) is 0 Å². The number of hydrogen-bond acceptors (Lipinski definition) is 4. The maximum atomic E-state index is 11.3. The first-order valence-corrected chi connectivity index (χ1v) is 7.76. The Labute approximate surface area is 124 Å². The number of imidazole rings is 1. The number of pyridine rings is 1. The molecule has 1 aliphatic carbocycles. The third kappa shape index (κ3) is 1.94. The van der Waals surface area contributed by atoms with Crippen LogP contribution in [0.25, 0.3) is 11.2 Å². The molecule has 0 aromatic carbocycles. The van der Waals surface area contributed by atoms with Gasteiger partial charge < -0.3 is 10.1 Å². The lowest BCUT2D eigenvalue weighted by atomic mass is 9.87. The fourth-order valence-corrected chi connectivity index (χ4v) is 4.03. The van der Waals surface area contributed by atoms with Gasteiger partial charge in [-0.15, -0.1) is 11.3 Å². The summed E-state index contributed by atoms with van der Waals surface area (Å²) in [7, 11) is 0. The molecule has 0 saturated heterocycles. The molecule has 1 unspecified atom stereocenters. The van der Waals surface area contributed by atoms with Crippen LogP contribution >= 0.6 is 11.3 Å². The van der Waals surface area contributed by atoms with E-state index in [0.29, 0.717) is 11.2 Å². The molecule has 2 N–H and O–H groups in total. The van der Waals surface area contributed by atoms with Gasteiger partial charge in [0.2, 0.25) is 0 Å². The number of thiophene rings is 1. The minimum Gasteiger partial charge on any atom is -0.478 e. The van der Waals surface area contributed by atoms with Crippen molar-refractivity contribution in [3.8, 4) is 0 Å². The van der Waals surface area contributed by atoms with E-state index in [9.17, 15) is 9.90 Å². The maximum absolute atomic E-state index is 11.3. The molecule has 21 heavy (non-hydrogen) atoms. The lowest BCUT2D eigenvalue weighted by molar-refractivity contribution is 0.0698. The summed E-state index contributed by atoms with van der Waals surface area (Å²) in [6.07, 6.45) is 4.79. The number of aryl methyl sites for hydroxylation is 1. The Hall–Kier alpha value is -2.21. The smallest absolute Gasteiger partial charge is 0.338 e. The normalized spacial score (nSPS) is 17.8. The molecular formula is C15H13N3O2S. The Bertz CT molecular complexity index is 836. The highest BCUT2D eigenvalue weighted by Gasteiger charge is 2.26. The van der Waals surface area contributed by atoms with Gasteiger partial charge in [0.15, 0.2) is 5.65 Å². The van der Waals surface area contributed by atoms with Crippen LogP contribution in [0.5, 0.6) is 0 Å². The minimum atomic E-state index is -0.961. The van der Waals surface area contributed by atoms with Gasteiger partial charge in [-0.05, 0) is 42.3 Å². The second-order valence-electron chi connectivity index (χ2n) is 5.23. The highest BCUT2D eigenvalue weighted by atomic mass is 32.1. The Balaban J connectivity index is 1.86. The predicted octanol–water partition coefficient (Wildman–Crippen LogP) is 3.19. The molecule has 3 heterocycles.